The van der Waals surface area contributed by atoms with E-state index in [0.29, 0.717) is 13.1 Å². The molecule has 0 aromatic heterocycles. The molecule has 2 heterocycles. The number of nitrogens with zero attached hydrogens (tertiary/aromatic N) is 2. The number of hydrogen-bond acceptors (Lipinski definition) is 4. The van der Waals surface area contributed by atoms with Crippen LogP contribution >= 0.6 is 0 Å². The Bertz CT molecular complexity index is 414. The summed E-state index contributed by atoms with van der Waals surface area (Å²) in [5.74, 6) is 0. The van der Waals surface area contributed by atoms with E-state index in [1.807, 2.05) is 33.8 Å². The van der Waals surface area contributed by atoms with Gasteiger partial charge in [0, 0.05) is 20.1 Å². The highest BCUT2D eigenvalue weighted by Crippen LogP contribution is 2.21. The van der Waals surface area contributed by atoms with E-state index in [1.54, 1.807) is 4.90 Å². The van der Waals surface area contributed by atoms with Crippen LogP contribution in [-0.4, -0.2) is 59.1 Å². The van der Waals surface area contributed by atoms with Crippen LogP contribution in [0, 0.1) is 0 Å². The van der Waals surface area contributed by atoms with Crippen LogP contribution in [0.25, 0.3) is 0 Å². The Morgan fingerprint density at radius 2 is 2.10 bits per heavy atom. The summed E-state index contributed by atoms with van der Waals surface area (Å²) in [4.78, 5) is 23.2. The molecule has 2 rings (SSSR count). The van der Waals surface area contributed by atoms with Crippen LogP contribution in [0.15, 0.2) is 11.6 Å². The van der Waals surface area contributed by atoms with Gasteiger partial charge in [-0.1, -0.05) is 11.6 Å². The first-order valence-corrected chi connectivity index (χ1v) is 6.49. The largest absolute Gasteiger partial charge is 0.444 e. The number of hydrogen-bond donors (Lipinski definition) is 2. The third-order valence-electron chi connectivity index (χ3n) is 2.71. The second-order valence-corrected chi connectivity index (χ2v) is 5.84. The van der Waals surface area contributed by atoms with Crippen LogP contribution in [-0.2, 0) is 4.74 Å². The molecule has 1 saturated heterocycles. The molecule has 0 aliphatic carbocycles. The lowest BCUT2D eigenvalue weighted by atomic mass is 10.1. The van der Waals surface area contributed by atoms with Crippen molar-refractivity contribution in [2.45, 2.75) is 39.3 Å². The Kier molecular flexibility index (Phi) is 4.99. The number of amides is 3. The van der Waals surface area contributed by atoms with Crippen molar-refractivity contribution in [3.05, 3.63) is 11.6 Å². The zero-order valence-electron chi connectivity index (χ0n) is 12.6. The molecule has 2 aliphatic heterocycles. The maximum atomic E-state index is 11.1. The fourth-order valence-electron chi connectivity index (χ4n) is 1.93. The standard InChI is InChI=1S/C7H10N2O2.C6H13NO2/c1-5-2-6-4-8(3-5)7(10)9(6)11;1-6(2,3)9-5(8)7-4/h2,6,11H,3-4H2,1H3;1-4H3,(H,7,8). The molecule has 3 amide bonds. The van der Waals surface area contributed by atoms with E-state index < -0.39 is 0 Å². The molecule has 2 aliphatic rings. The van der Waals surface area contributed by atoms with Crippen LogP contribution in [0.3, 0.4) is 0 Å². The van der Waals surface area contributed by atoms with E-state index in [0.717, 1.165) is 10.6 Å². The Morgan fingerprint density at radius 1 is 1.50 bits per heavy atom. The van der Waals surface area contributed by atoms with E-state index in [9.17, 15) is 14.8 Å². The predicted molar refractivity (Wildman–Crippen MR) is 73.4 cm³/mol. The lowest BCUT2D eigenvalue weighted by molar-refractivity contribution is -0.0451. The number of ether oxygens (including phenoxy) is 1. The predicted octanol–water partition coefficient (Wildman–Crippen LogP) is 1.58. The molecule has 0 spiro atoms. The molecule has 1 unspecified atom stereocenters. The van der Waals surface area contributed by atoms with Crippen molar-refractivity contribution in [1.82, 2.24) is 15.3 Å². The molecule has 7 nitrogen and oxygen atoms in total. The smallest absolute Gasteiger partial charge is 0.407 e. The summed E-state index contributed by atoms with van der Waals surface area (Å²) in [5, 5.41) is 12.3. The fraction of sp³-hybridized carbons (Fsp3) is 0.692. The molecule has 1 atom stereocenters. The monoisotopic (exact) mass is 285 g/mol. The molecule has 0 radical (unpaired) electrons. The van der Waals surface area contributed by atoms with Gasteiger partial charge in [0.1, 0.15) is 5.60 Å². The molecule has 0 aromatic carbocycles. The number of fused-ring (bicyclic) bond motifs is 2. The molecule has 2 N–H and O–H groups in total. The van der Waals surface area contributed by atoms with E-state index >= 15 is 0 Å². The minimum atomic E-state index is -0.389. The molecular formula is C13H23N3O4. The molecule has 0 aromatic rings. The van der Waals surface area contributed by atoms with Gasteiger partial charge in [-0.05, 0) is 27.7 Å². The number of hydroxylamine groups is 2. The molecule has 2 bridgehead atoms. The minimum Gasteiger partial charge on any atom is -0.444 e. The third-order valence-corrected chi connectivity index (χ3v) is 2.71. The minimum absolute atomic E-state index is 0.115. The van der Waals surface area contributed by atoms with Crippen molar-refractivity contribution in [2.24, 2.45) is 0 Å². The van der Waals surface area contributed by atoms with Crippen molar-refractivity contribution in [3.63, 3.8) is 0 Å². The lowest BCUT2D eigenvalue weighted by Gasteiger charge is -2.18. The number of carbonyl (C=O) groups excluding carboxylic acids is 2. The highest BCUT2D eigenvalue weighted by molar-refractivity contribution is 5.77. The highest BCUT2D eigenvalue weighted by Gasteiger charge is 2.37. The Hall–Kier alpha value is -1.76. The topological polar surface area (TPSA) is 82.1 Å². The van der Waals surface area contributed by atoms with Gasteiger partial charge in [-0.3, -0.25) is 5.21 Å². The second kappa shape index (κ2) is 6.13. The fourth-order valence-corrected chi connectivity index (χ4v) is 1.93. The number of nitrogens with one attached hydrogen (secondary N) is 1. The van der Waals surface area contributed by atoms with Crippen molar-refractivity contribution < 1.29 is 19.5 Å². The summed E-state index contributed by atoms with van der Waals surface area (Å²) < 4.78 is 4.84. The van der Waals surface area contributed by atoms with E-state index in [2.05, 4.69) is 5.32 Å². The first-order chi connectivity index (χ1) is 9.14. The number of urea groups is 1. The van der Waals surface area contributed by atoms with Crippen LogP contribution < -0.4 is 5.32 Å². The van der Waals surface area contributed by atoms with Gasteiger partial charge in [0.25, 0.3) is 0 Å². The van der Waals surface area contributed by atoms with E-state index in [4.69, 9.17) is 4.74 Å². The molecule has 20 heavy (non-hydrogen) atoms. The quantitative estimate of drug-likeness (QED) is 0.523. The average molecular weight is 285 g/mol. The number of alkyl carbamates (subject to hydrolysis) is 1. The summed E-state index contributed by atoms with van der Waals surface area (Å²) >= 11 is 0. The average Bonchev–Trinajstić information content (AvgIpc) is 2.52. The van der Waals surface area contributed by atoms with Gasteiger partial charge in [-0.25, -0.2) is 9.59 Å². The molecule has 0 saturated carbocycles. The van der Waals surface area contributed by atoms with Gasteiger partial charge in [0.15, 0.2) is 0 Å². The van der Waals surface area contributed by atoms with Crippen LogP contribution in [0.4, 0.5) is 9.59 Å². The van der Waals surface area contributed by atoms with E-state index in [-0.39, 0.29) is 23.8 Å². The normalized spacial score (nSPS) is 21.0. The Morgan fingerprint density at radius 3 is 2.50 bits per heavy atom. The van der Waals surface area contributed by atoms with Crippen molar-refractivity contribution in [1.29, 1.82) is 0 Å². The van der Waals surface area contributed by atoms with Gasteiger partial charge >= 0.3 is 12.1 Å². The summed E-state index contributed by atoms with van der Waals surface area (Å²) in [6, 6.07) is -0.389. The van der Waals surface area contributed by atoms with Gasteiger partial charge in [-0.2, -0.15) is 5.06 Å². The summed E-state index contributed by atoms with van der Waals surface area (Å²) in [5.41, 5.74) is 0.756. The van der Waals surface area contributed by atoms with E-state index in [1.165, 1.54) is 7.05 Å². The SMILES string of the molecule is CC1=CC2CN(C1)C(=O)N2O.CNC(=O)OC(C)(C)C. The maximum Gasteiger partial charge on any atom is 0.407 e. The first kappa shape index (κ1) is 16.3. The first-order valence-electron chi connectivity index (χ1n) is 6.49. The molecule has 7 heteroatoms. The summed E-state index contributed by atoms with van der Waals surface area (Å²) in [6.07, 6.45) is 1.55. The number of rotatable bonds is 0. The van der Waals surface area contributed by atoms with Crippen LogP contribution in [0.5, 0.6) is 0 Å². The van der Waals surface area contributed by atoms with Gasteiger partial charge in [0.2, 0.25) is 0 Å². The summed E-state index contributed by atoms with van der Waals surface area (Å²) in [7, 11) is 1.54. The van der Waals surface area contributed by atoms with Crippen molar-refractivity contribution in [2.75, 3.05) is 20.1 Å². The van der Waals surface area contributed by atoms with Crippen molar-refractivity contribution in [3.8, 4) is 0 Å². The zero-order valence-corrected chi connectivity index (χ0v) is 12.6. The summed E-state index contributed by atoms with van der Waals surface area (Å²) in [6.45, 7) is 8.72. The van der Waals surface area contributed by atoms with Crippen LogP contribution in [0.2, 0.25) is 0 Å². The van der Waals surface area contributed by atoms with Crippen LogP contribution in [0.1, 0.15) is 27.7 Å². The van der Waals surface area contributed by atoms with Gasteiger partial charge in [-0.15, -0.1) is 0 Å². The maximum absolute atomic E-state index is 11.1. The highest BCUT2D eigenvalue weighted by atomic mass is 16.6. The molecule has 1 fully saturated rings. The molecular weight excluding hydrogens is 262 g/mol. The second-order valence-electron chi connectivity index (χ2n) is 5.84. The third kappa shape index (κ3) is 4.41. The number of carbonyl (C=O) groups is 2. The lowest BCUT2D eigenvalue weighted by Crippen LogP contribution is -2.30. The van der Waals surface area contributed by atoms with Crippen molar-refractivity contribution >= 4 is 12.1 Å². The van der Waals surface area contributed by atoms with Gasteiger partial charge < -0.3 is 15.0 Å². The Labute approximate surface area is 119 Å². The Balaban J connectivity index is 0.000000206. The zero-order chi connectivity index (χ0) is 15.5. The molecule has 114 valence electrons. The van der Waals surface area contributed by atoms with Gasteiger partial charge in [0.05, 0.1) is 6.04 Å².